The fraction of sp³-hybridized carbons (Fsp3) is 0.333. The van der Waals surface area contributed by atoms with E-state index in [4.69, 9.17) is 11.6 Å². The van der Waals surface area contributed by atoms with E-state index in [1.165, 1.54) is 11.8 Å². The molecule has 0 atom stereocenters. The molecule has 22 heavy (non-hydrogen) atoms. The SMILES string of the molecule is CCC(CC)c1ccc(Cl)cc1-c1cccc(S(C)(=O)=O)c1. The van der Waals surface area contributed by atoms with Gasteiger partial charge in [0.05, 0.1) is 4.90 Å². The third-order valence-corrected chi connectivity index (χ3v) is 5.36. The monoisotopic (exact) mass is 336 g/mol. The first kappa shape index (κ1) is 17.0. The first-order valence-corrected chi connectivity index (χ1v) is 9.73. The molecule has 2 aromatic carbocycles. The second-order valence-corrected chi connectivity index (χ2v) is 8.00. The van der Waals surface area contributed by atoms with Crippen LogP contribution >= 0.6 is 11.6 Å². The minimum atomic E-state index is -3.22. The van der Waals surface area contributed by atoms with E-state index in [1.54, 1.807) is 18.2 Å². The lowest BCUT2D eigenvalue weighted by Crippen LogP contribution is -2.00. The van der Waals surface area contributed by atoms with Crippen molar-refractivity contribution in [3.63, 3.8) is 0 Å². The standard InChI is InChI=1S/C18H21ClO2S/c1-4-13(5-2)17-10-9-15(19)12-18(17)14-7-6-8-16(11-14)22(3,20)21/h6-13H,4-5H2,1-3H3. The van der Waals surface area contributed by atoms with Gasteiger partial charge in [0.15, 0.2) is 9.84 Å². The summed E-state index contributed by atoms with van der Waals surface area (Å²) in [6, 6.07) is 13.0. The fourth-order valence-corrected chi connectivity index (χ4v) is 3.60. The van der Waals surface area contributed by atoms with E-state index < -0.39 is 9.84 Å². The van der Waals surface area contributed by atoms with Crippen molar-refractivity contribution in [3.8, 4) is 11.1 Å². The molecule has 118 valence electrons. The molecular weight excluding hydrogens is 316 g/mol. The van der Waals surface area contributed by atoms with Crippen LogP contribution < -0.4 is 0 Å². The predicted octanol–water partition coefficient (Wildman–Crippen LogP) is 5.31. The normalized spacial score (nSPS) is 11.9. The average molecular weight is 337 g/mol. The van der Waals surface area contributed by atoms with Gasteiger partial charge in [-0.2, -0.15) is 0 Å². The second kappa shape index (κ2) is 6.84. The Balaban J connectivity index is 2.64. The highest BCUT2D eigenvalue weighted by molar-refractivity contribution is 7.90. The average Bonchev–Trinajstić information content (AvgIpc) is 2.49. The van der Waals surface area contributed by atoms with Gasteiger partial charge in [0, 0.05) is 11.3 Å². The molecule has 0 bridgehead atoms. The molecule has 0 aliphatic carbocycles. The van der Waals surface area contributed by atoms with Gasteiger partial charge in [-0.15, -0.1) is 0 Å². The van der Waals surface area contributed by atoms with Gasteiger partial charge in [-0.05, 0) is 59.7 Å². The summed E-state index contributed by atoms with van der Waals surface area (Å²) >= 11 is 6.17. The van der Waals surface area contributed by atoms with Crippen molar-refractivity contribution < 1.29 is 8.42 Å². The number of sulfone groups is 1. The van der Waals surface area contributed by atoms with E-state index in [9.17, 15) is 8.42 Å². The highest BCUT2D eigenvalue weighted by atomic mass is 35.5. The summed E-state index contributed by atoms with van der Waals surface area (Å²) in [5, 5.41) is 0.662. The summed E-state index contributed by atoms with van der Waals surface area (Å²) in [5.41, 5.74) is 3.14. The zero-order chi connectivity index (χ0) is 16.3. The third kappa shape index (κ3) is 3.71. The highest BCUT2D eigenvalue weighted by Gasteiger charge is 2.15. The van der Waals surface area contributed by atoms with Gasteiger partial charge in [-0.3, -0.25) is 0 Å². The van der Waals surface area contributed by atoms with Crippen LogP contribution in [0.3, 0.4) is 0 Å². The molecule has 0 radical (unpaired) electrons. The van der Waals surface area contributed by atoms with Gasteiger partial charge >= 0.3 is 0 Å². The minimum Gasteiger partial charge on any atom is -0.224 e. The van der Waals surface area contributed by atoms with Crippen LogP contribution in [0.1, 0.15) is 38.2 Å². The zero-order valence-electron chi connectivity index (χ0n) is 13.1. The van der Waals surface area contributed by atoms with Gasteiger partial charge in [-0.1, -0.05) is 43.6 Å². The van der Waals surface area contributed by atoms with Crippen LogP contribution in [0.15, 0.2) is 47.4 Å². The van der Waals surface area contributed by atoms with Crippen molar-refractivity contribution in [3.05, 3.63) is 53.1 Å². The van der Waals surface area contributed by atoms with Crippen LogP contribution in [-0.4, -0.2) is 14.7 Å². The number of rotatable bonds is 5. The smallest absolute Gasteiger partial charge is 0.175 e. The van der Waals surface area contributed by atoms with Crippen LogP contribution in [0, 0.1) is 0 Å². The lowest BCUT2D eigenvalue weighted by molar-refractivity contribution is 0.602. The molecule has 0 amide bonds. The number of hydrogen-bond acceptors (Lipinski definition) is 2. The first-order valence-electron chi connectivity index (χ1n) is 7.46. The maximum absolute atomic E-state index is 11.8. The summed E-state index contributed by atoms with van der Waals surface area (Å²) < 4.78 is 23.6. The minimum absolute atomic E-state index is 0.334. The molecule has 0 saturated carbocycles. The molecule has 0 saturated heterocycles. The fourth-order valence-electron chi connectivity index (χ4n) is 2.76. The van der Waals surface area contributed by atoms with Gasteiger partial charge < -0.3 is 0 Å². The number of benzene rings is 2. The molecule has 0 aromatic heterocycles. The summed E-state index contributed by atoms with van der Waals surface area (Å²) in [6.07, 6.45) is 3.31. The Morgan fingerprint density at radius 1 is 1.05 bits per heavy atom. The Morgan fingerprint density at radius 2 is 1.73 bits per heavy atom. The van der Waals surface area contributed by atoms with Gasteiger partial charge in [0.2, 0.25) is 0 Å². The topological polar surface area (TPSA) is 34.1 Å². The van der Waals surface area contributed by atoms with Crippen molar-refractivity contribution in [2.75, 3.05) is 6.26 Å². The van der Waals surface area contributed by atoms with Crippen molar-refractivity contribution in [2.45, 2.75) is 37.5 Å². The third-order valence-electron chi connectivity index (χ3n) is 4.01. The number of hydrogen-bond donors (Lipinski definition) is 0. The maximum atomic E-state index is 11.8. The van der Waals surface area contributed by atoms with Gasteiger partial charge in [0.1, 0.15) is 0 Å². The summed E-state index contributed by atoms with van der Waals surface area (Å²) in [4.78, 5) is 0.334. The molecule has 0 unspecified atom stereocenters. The quantitative estimate of drug-likeness (QED) is 0.741. The Labute approximate surface area is 138 Å². The summed E-state index contributed by atoms with van der Waals surface area (Å²) in [6.45, 7) is 4.33. The Morgan fingerprint density at radius 3 is 2.32 bits per heavy atom. The van der Waals surface area contributed by atoms with Crippen LogP contribution in [-0.2, 0) is 9.84 Å². The lowest BCUT2D eigenvalue weighted by atomic mass is 9.87. The number of halogens is 1. The molecule has 2 aromatic rings. The summed E-state index contributed by atoms with van der Waals surface area (Å²) in [7, 11) is -3.22. The van der Waals surface area contributed by atoms with E-state index in [2.05, 4.69) is 19.9 Å². The predicted molar refractivity (Wildman–Crippen MR) is 93.3 cm³/mol. The van der Waals surface area contributed by atoms with E-state index in [-0.39, 0.29) is 0 Å². The molecule has 0 heterocycles. The molecular formula is C18H21ClO2S. The Bertz CT molecular complexity index is 762. The summed E-state index contributed by atoms with van der Waals surface area (Å²) in [5.74, 6) is 0.439. The molecule has 0 aliphatic heterocycles. The molecule has 0 aliphatic rings. The van der Waals surface area contributed by atoms with E-state index in [0.29, 0.717) is 15.8 Å². The first-order chi connectivity index (χ1) is 10.4. The van der Waals surface area contributed by atoms with E-state index >= 15 is 0 Å². The van der Waals surface area contributed by atoms with Crippen LogP contribution in [0.4, 0.5) is 0 Å². The van der Waals surface area contributed by atoms with Crippen LogP contribution in [0.2, 0.25) is 5.02 Å². The van der Waals surface area contributed by atoms with Crippen molar-refractivity contribution in [1.82, 2.24) is 0 Å². The largest absolute Gasteiger partial charge is 0.224 e. The molecule has 2 rings (SSSR count). The molecule has 4 heteroatoms. The van der Waals surface area contributed by atoms with Crippen LogP contribution in [0.25, 0.3) is 11.1 Å². The molecule has 0 spiro atoms. The van der Waals surface area contributed by atoms with Gasteiger partial charge in [0.25, 0.3) is 0 Å². The zero-order valence-corrected chi connectivity index (χ0v) is 14.7. The maximum Gasteiger partial charge on any atom is 0.175 e. The van der Waals surface area contributed by atoms with Crippen LogP contribution in [0.5, 0.6) is 0 Å². The van der Waals surface area contributed by atoms with Gasteiger partial charge in [-0.25, -0.2) is 8.42 Å². The van der Waals surface area contributed by atoms with E-state index in [0.717, 1.165) is 24.0 Å². The van der Waals surface area contributed by atoms with Crippen molar-refractivity contribution in [1.29, 1.82) is 0 Å². The lowest BCUT2D eigenvalue weighted by Gasteiger charge is -2.18. The Hall–Kier alpha value is -1.32. The van der Waals surface area contributed by atoms with Crippen molar-refractivity contribution >= 4 is 21.4 Å². The van der Waals surface area contributed by atoms with Crippen molar-refractivity contribution in [2.24, 2.45) is 0 Å². The molecule has 0 N–H and O–H groups in total. The molecule has 0 fully saturated rings. The molecule has 2 nitrogen and oxygen atoms in total. The highest BCUT2D eigenvalue weighted by Crippen LogP contribution is 2.35. The second-order valence-electron chi connectivity index (χ2n) is 5.54. The Kier molecular flexibility index (Phi) is 5.30. The van der Waals surface area contributed by atoms with E-state index in [1.807, 2.05) is 18.2 Å².